The van der Waals surface area contributed by atoms with Gasteiger partial charge in [-0.05, 0) is 36.2 Å². The molecule has 0 radical (unpaired) electrons. The number of benzene rings is 1. The third-order valence-electron chi connectivity index (χ3n) is 6.44. The van der Waals surface area contributed by atoms with Crippen LogP contribution < -0.4 is 15.5 Å². The molecule has 0 bridgehead atoms. The van der Waals surface area contributed by atoms with Crippen molar-refractivity contribution in [3.63, 3.8) is 0 Å². The number of anilines is 2. The third kappa shape index (κ3) is 7.79. The number of thiophene rings is 1. The monoisotopic (exact) mass is 662 g/mol. The van der Waals surface area contributed by atoms with Gasteiger partial charge >= 0.3 is 6.09 Å². The van der Waals surface area contributed by atoms with Crippen molar-refractivity contribution in [2.45, 2.75) is 26.0 Å². The maximum absolute atomic E-state index is 15.1. The van der Waals surface area contributed by atoms with E-state index in [-0.39, 0.29) is 66.8 Å². The Morgan fingerprint density at radius 2 is 1.95 bits per heavy atom. The van der Waals surface area contributed by atoms with Gasteiger partial charge in [-0.25, -0.2) is 9.18 Å². The Morgan fingerprint density at radius 3 is 2.57 bits per heavy atom. The van der Waals surface area contributed by atoms with E-state index in [0.29, 0.717) is 28.4 Å². The number of nitrogens with zero attached hydrogens (tertiary/aromatic N) is 3. The van der Waals surface area contributed by atoms with Crippen LogP contribution in [0.1, 0.15) is 23.5 Å². The fourth-order valence-electron chi connectivity index (χ4n) is 4.13. The fraction of sp³-hybridized carbons (Fsp3) is 0.423. The van der Waals surface area contributed by atoms with E-state index in [2.05, 4.69) is 0 Å². The molecule has 1 aromatic heterocycles. The van der Waals surface area contributed by atoms with Crippen LogP contribution in [0.25, 0.3) is 0 Å². The van der Waals surface area contributed by atoms with Gasteiger partial charge in [0.2, 0.25) is 11.0 Å². The van der Waals surface area contributed by atoms with Crippen molar-refractivity contribution in [3.8, 4) is 0 Å². The normalized spacial score (nSPS) is 17.6. The molecule has 2 aromatic rings. The van der Waals surface area contributed by atoms with Gasteiger partial charge in [0.25, 0.3) is 11.8 Å². The van der Waals surface area contributed by atoms with Crippen LogP contribution in [-0.2, 0) is 23.9 Å². The molecular weight excluding hydrogens is 634 g/mol. The quantitative estimate of drug-likeness (QED) is 0.427. The Morgan fingerprint density at radius 1 is 1.21 bits per heavy atom. The van der Waals surface area contributed by atoms with Crippen LogP contribution >= 0.6 is 47.1 Å². The standard InChI is InChI=1S/C26H28ClFN4O7S2.ClH/c1-14(2)23(29)25(36)40-13-22(34)32(24(35)19-5-6-20(27)41-19)11-16-10-31(26(37)39-16)18-4-3-15(9-17(18)28)30-7-8-38-12-21(30)33;/h3-6,9,14,16,23H,7-8,10-13,29H2,1-2H3;1H/t16-,23+;/m1./s1. The number of amides is 4. The summed E-state index contributed by atoms with van der Waals surface area (Å²) in [6, 6.07) is 6.22. The molecule has 2 fully saturated rings. The van der Waals surface area contributed by atoms with Crippen LogP contribution in [-0.4, -0.2) is 84.6 Å². The molecule has 2 saturated heterocycles. The summed E-state index contributed by atoms with van der Waals surface area (Å²) in [5, 5.41) is -0.393. The van der Waals surface area contributed by atoms with Gasteiger partial charge in [0.15, 0.2) is 0 Å². The lowest BCUT2D eigenvalue weighted by Gasteiger charge is -2.27. The highest BCUT2D eigenvalue weighted by Gasteiger charge is 2.38. The van der Waals surface area contributed by atoms with Crippen molar-refractivity contribution in [2.75, 3.05) is 48.4 Å². The van der Waals surface area contributed by atoms with E-state index in [4.69, 9.17) is 26.8 Å². The number of imide groups is 1. The minimum atomic E-state index is -0.982. The van der Waals surface area contributed by atoms with E-state index in [1.54, 1.807) is 13.8 Å². The van der Waals surface area contributed by atoms with Crippen molar-refractivity contribution in [1.29, 1.82) is 0 Å². The van der Waals surface area contributed by atoms with Gasteiger partial charge in [0.1, 0.15) is 18.5 Å². The summed E-state index contributed by atoms with van der Waals surface area (Å²) in [6.45, 7) is 3.55. The number of ether oxygens (including phenoxy) is 2. The first-order valence-electron chi connectivity index (χ1n) is 12.6. The first-order valence-corrected chi connectivity index (χ1v) is 14.8. The number of thioether (sulfide) groups is 1. The molecule has 16 heteroatoms. The number of carbonyl (C=O) groups is 5. The van der Waals surface area contributed by atoms with Gasteiger partial charge in [-0.15, -0.1) is 23.7 Å². The SMILES string of the molecule is CC(C)[C@H](N)C(=O)SCC(=O)N(C[C@H]1CN(c2ccc(N3CCOCC3=O)cc2F)C(=O)O1)C(=O)c1ccc(Cl)s1.Cl. The summed E-state index contributed by atoms with van der Waals surface area (Å²) in [7, 11) is 0. The number of nitrogens with two attached hydrogens (primary N) is 1. The summed E-state index contributed by atoms with van der Waals surface area (Å²) < 4.78 is 26.0. The first kappa shape index (κ1) is 33.7. The molecule has 0 aliphatic carbocycles. The van der Waals surface area contributed by atoms with Crippen molar-refractivity contribution < 1.29 is 37.8 Å². The molecule has 11 nitrogen and oxygen atoms in total. The lowest BCUT2D eigenvalue weighted by atomic mass is 10.1. The largest absolute Gasteiger partial charge is 0.442 e. The van der Waals surface area contributed by atoms with E-state index < -0.39 is 41.0 Å². The van der Waals surface area contributed by atoms with Crippen LogP contribution in [0.4, 0.5) is 20.6 Å². The molecule has 0 saturated carbocycles. The molecule has 0 unspecified atom stereocenters. The van der Waals surface area contributed by atoms with E-state index >= 15 is 4.39 Å². The smallest absolute Gasteiger partial charge is 0.414 e. The maximum atomic E-state index is 15.1. The highest BCUT2D eigenvalue weighted by molar-refractivity contribution is 8.14. The number of morpholine rings is 1. The summed E-state index contributed by atoms with van der Waals surface area (Å²) in [5.41, 5.74) is 6.11. The van der Waals surface area contributed by atoms with E-state index in [1.807, 2.05) is 0 Å². The van der Waals surface area contributed by atoms with Crippen LogP contribution in [0.3, 0.4) is 0 Å². The molecule has 3 heterocycles. The number of halogens is 3. The minimum absolute atomic E-state index is 0. The van der Waals surface area contributed by atoms with Gasteiger partial charge in [0.05, 0.1) is 46.4 Å². The van der Waals surface area contributed by atoms with Crippen molar-refractivity contribution >= 4 is 87.4 Å². The average Bonchev–Trinajstić information content (AvgIpc) is 3.54. The minimum Gasteiger partial charge on any atom is -0.442 e. The zero-order valence-electron chi connectivity index (χ0n) is 22.6. The average molecular weight is 664 g/mol. The second-order valence-corrected chi connectivity index (χ2v) is 12.3. The molecule has 2 aliphatic heterocycles. The second-order valence-electron chi connectivity index (χ2n) is 9.64. The Bertz CT molecular complexity index is 1360. The molecule has 1 aromatic carbocycles. The predicted molar refractivity (Wildman–Crippen MR) is 160 cm³/mol. The fourth-order valence-corrected chi connectivity index (χ4v) is 6.01. The van der Waals surface area contributed by atoms with Crippen molar-refractivity contribution in [2.24, 2.45) is 11.7 Å². The summed E-state index contributed by atoms with van der Waals surface area (Å²) in [6.07, 6.45) is -1.85. The van der Waals surface area contributed by atoms with Crippen LogP contribution in [0.2, 0.25) is 4.34 Å². The zero-order chi connectivity index (χ0) is 29.8. The summed E-state index contributed by atoms with van der Waals surface area (Å²) >= 11 is 7.65. The number of cyclic esters (lactones) is 1. The zero-order valence-corrected chi connectivity index (χ0v) is 25.8. The molecule has 2 atom stereocenters. The first-order chi connectivity index (χ1) is 19.5. The Hall–Kier alpha value is -2.75. The van der Waals surface area contributed by atoms with Crippen molar-refractivity contribution in [1.82, 2.24) is 4.90 Å². The Balaban J connectivity index is 0.00000484. The van der Waals surface area contributed by atoms with Gasteiger partial charge in [0, 0.05) is 12.2 Å². The third-order valence-corrected chi connectivity index (χ3v) is 8.61. The maximum Gasteiger partial charge on any atom is 0.414 e. The molecule has 4 amide bonds. The number of carbonyl (C=O) groups excluding carboxylic acids is 5. The molecule has 2 N–H and O–H groups in total. The highest BCUT2D eigenvalue weighted by atomic mass is 35.5. The Kier molecular flexibility index (Phi) is 11.7. The van der Waals surface area contributed by atoms with E-state index in [9.17, 15) is 24.0 Å². The molecular formula is C26H29Cl2FN4O7S2. The summed E-state index contributed by atoms with van der Waals surface area (Å²) in [5.74, 6) is -2.92. The van der Waals surface area contributed by atoms with Gasteiger partial charge in [-0.3, -0.25) is 29.0 Å². The van der Waals surface area contributed by atoms with Gasteiger partial charge < -0.3 is 20.1 Å². The molecule has 42 heavy (non-hydrogen) atoms. The lowest BCUT2D eigenvalue weighted by molar-refractivity contribution is -0.127. The number of hydrogen-bond donors (Lipinski definition) is 1. The number of hydrogen-bond acceptors (Lipinski definition) is 10. The van der Waals surface area contributed by atoms with Crippen molar-refractivity contribution in [3.05, 3.63) is 45.4 Å². The molecule has 0 spiro atoms. The predicted octanol–water partition coefficient (Wildman–Crippen LogP) is 3.56. The lowest BCUT2D eigenvalue weighted by Crippen LogP contribution is -2.44. The Labute approximate surface area is 260 Å². The molecule has 4 rings (SSSR count). The van der Waals surface area contributed by atoms with Crippen LogP contribution in [0.15, 0.2) is 30.3 Å². The van der Waals surface area contributed by atoms with Gasteiger partial charge in [-0.2, -0.15) is 0 Å². The van der Waals surface area contributed by atoms with E-state index in [0.717, 1.165) is 27.2 Å². The number of rotatable bonds is 9. The summed E-state index contributed by atoms with van der Waals surface area (Å²) in [4.78, 5) is 67.1. The van der Waals surface area contributed by atoms with E-state index in [1.165, 1.54) is 29.2 Å². The topological polar surface area (TPSA) is 140 Å². The molecule has 2 aliphatic rings. The van der Waals surface area contributed by atoms with Gasteiger partial charge in [-0.1, -0.05) is 37.2 Å². The van der Waals surface area contributed by atoms with Crippen LogP contribution in [0.5, 0.6) is 0 Å². The molecule has 228 valence electrons. The second kappa shape index (κ2) is 14.6. The highest BCUT2D eigenvalue weighted by Crippen LogP contribution is 2.30. The van der Waals surface area contributed by atoms with Crippen LogP contribution in [0, 0.1) is 11.7 Å².